The van der Waals surface area contributed by atoms with Crippen LogP contribution < -0.4 is 0 Å². The lowest BCUT2D eigenvalue weighted by Gasteiger charge is -2.02. The quantitative estimate of drug-likeness (QED) is 0.326. The fraction of sp³-hybridized carbons (Fsp3) is 0. The van der Waals surface area contributed by atoms with Crippen molar-refractivity contribution in [3.05, 3.63) is 97.1 Å². The summed E-state index contributed by atoms with van der Waals surface area (Å²) in [5.41, 5.74) is 0.942. The second-order valence-corrected chi connectivity index (χ2v) is 5.59. The molecule has 26 heavy (non-hydrogen) atoms. The first kappa shape index (κ1) is 15.8. The molecule has 0 saturated heterocycles. The van der Waals surface area contributed by atoms with Crippen molar-refractivity contribution in [3.8, 4) is 0 Å². The molecule has 0 aliphatic rings. The van der Waals surface area contributed by atoms with Gasteiger partial charge in [-0.15, -0.1) is 0 Å². The molecule has 0 fully saturated rings. The van der Waals surface area contributed by atoms with Crippen molar-refractivity contribution in [2.24, 2.45) is 0 Å². The summed E-state index contributed by atoms with van der Waals surface area (Å²) in [4.78, 5) is 0. The van der Waals surface area contributed by atoms with E-state index in [1.807, 2.05) is 97.1 Å². The van der Waals surface area contributed by atoms with Gasteiger partial charge >= 0.3 is 0 Å². The maximum Gasteiger partial charge on any atom is 0.238 e. The smallest absolute Gasteiger partial charge is 0.238 e. The van der Waals surface area contributed by atoms with Gasteiger partial charge in [-0.25, -0.2) is 9.15 Å². The predicted molar refractivity (Wildman–Crippen MR) is 101 cm³/mol. The Morgan fingerprint density at radius 3 is 1.04 bits per heavy atom. The highest BCUT2D eigenvalue weighted by Crippen LogP contribution is 2.33. The fourth-order valence-corrected chi connectivity index (χ4v) is 2.85. The molecule has 0 radical (unpaired) electrons. The maximum absolute atomic E-state index is 5.32. The summed E-state index contributed by atoms with van der Waals surface area (Å²) in [6.45, 7) is 0. The van der Waals surface area contributed by atoms with Gasteiger partial charge in [0, 0.05) is 10.8 Å². The second-order valence-electron chi connectivity index (χ2n) is 5.59. The summed E-state index contributed by atoms with van der Waals surface area (Å²) in [6, 6.07) is 31.6. The van der Waals surface area contributed by atoms with Gasteiger partial charge in [0.25, 0.3) is 0 Å². The second kappa shape index (κ2) is 7.49. The normalized spacial score (nSPS) is 10.3. The van der Waals surface area contributed by atoms with Crippen molar-refractivity contribution in [2.45, 2.75) is 0 Å². The Kier molecular flexibility index (Phi) is 4.56. The van der Waals surface area contributed by atoms with Gasteiger partial charge in [-0.1, -0.05) is 97.1 Å². The Hall–Kier alpha value is -3.66. The highest BCUT2D eigenvalue weighted by Gasteiger charge is 2.12. The van der Waals surface area contributed by atoms with Crippen LogP contribution in [0.4, 0.5) is 0 Å². The molecule has 0 saturated carbocycles. The average molecular weight is 344 g/mol. The van der Waals surface area contributed by atoms with Gasteiger partial charge in [0.15, 0.2) is 0 Å². The predicted octanol–water partition coefficient (Wildman–Crippen LogP) is 6.89. The lowest BCUT2D eigenvalue weighted by molar-refractivity contribution is -0.294. The van der Waals surface area contributed by atoms with Crippen molar-refractivity contribution in [3.63, 3.8) is 0 Å². The molecule has 0 N–H and O–H groups in total. The minimum Gasteiger partial charge on any atom is -0.244 e. The van der Waals surface area contributed by atoms with E-state index in [-0.39, 0.29) is 0 Å². The van der Waals surface area contributed by atoms with E-state index in [0.29, 0.717) is 11.2 Å². The lowest BCUT2D eigenvalue weighted by atomic mass is 10.0. The molecule has 1 aromatic heterocycles. The topological polar surface area (TPSA) is 52.6 Å². The summed E-state index contributed by atoms with van der Waals surface area (Å²) in [6.07, 6.45) is 0. The van der Waals surface area contributed by atoms with Crippen LogP contribution in [0.15, 0.2) is 116 Å². The summed E-state index contributed by atoms with van der Waals surface area (Å²) in [5, 5.41) is 3.66. The molecule has 0 aliphatic heterocycles. The van der Waals surface area contributed by atoms with Crippen LogP contribution in [0.3, 0.4) is 0 Å². The summed E-state index contributed by atoms with van der Waals surface area (Å²) < 4.78 is 19.8. The van der Waals surface area contributed by atoms with Gasteiger partial charge in [-0.2, -0.15) is 0 Å². The van der Waals surface area contributed by atoms with Crippen molar-refractivity contribution >= 4 is 32.7 Å². The summed E-state index contributed by atoms with van der Waals surface area (Å²) >= 11 is 0. The molecule has 0 atom stereocenters. The zero-order chi connectivity index (χ0) is 17.6. The first-order valence-electron chi connectivity index (χ1n) is 8.23. The van der Waals surface area contributed by atoms with Gasteiger partial charge in [0.1, 0.15) is 0 Å². The van der Waals surface area contributed by atoms with E-state index in [9.17, 15) is 0 Å². The van der Waals surface area contributed by atoms with E-state index in [1.165, 1.54) is 0 Å². The molecule has 4 heteroatoms. The minimum atomic E-state index is 0.471. The Morgan fingerprint density at radius 1 is 0.346 bits per heavy atom. The van der Waals surface area contributed by atoms with Crippen LogP contribution in [-0.4, -0.2) is 0 Å². The molecule has 3 aromatic carbocycles. The zero-order valence-corrected chi connectivity index (χ0v) is 13.9. The van der Waals surface area contributed by atoms with Gasteiger partial charge in [-0.3, -0.25) is 0 Å². The number of benzene rings is 1. The third kappa shape index (κ3) is 3.13. The number of hydrogen-bond acceptors (Lipinski definition) is 4. The van der Waals surface area contributed by atoms with E-state index in [4.69, 9.17) is 9.15 Å². The van der Waals surface area contributed by atoms with Crippen LogP contribution in [0.2, 0.25) is 0 Å². The maximum atomic E-state index is 5.32. The van der Waals surface area contributed by atoms with Crippen LogP contribution in [0.5, 0.6) is 0 Å². The zero-order valence-electron chi connectivity index (χ0n) is 13.9. The standard InChI is InChI=1S/C22H16O4/c1-3-7-11-15-19-17(13-9-5-1)18-14-10-6-2-4-8-12-16-20(18)22-21(19)23-25-26-24-22/h1-16H. The molecular formula is C22H16O4. The van der Waals surface area contributed by atoms with Crippen molar-refractivity contribution < 1.29 is 18.6 Å². The molecule has 0 amide bonds. The molecule has 128 valence electrons. The van der Waals surface area contributed by atoms with Crippen molar-refractivity contribution in [1.29, 1.82) is 0 Å². The largest absolute Gasteiger partial charge is 0.244 e. The Bertz CT molecular complexity index is 1110. The van der Waals surface area contributed by atoms with Gasteiger partial charge in [0.2, 0.25) is 11.2 Å². The number of hydrogen-bond donors (Lipinski definition) is 0. The Labute approximate surface area is 149 Å². The Balaban J connectivity index is 2.37. The third-order valence-corrected chi connectivity index (χ3v) is 3.99. The Morgan fingerprint density at radius 2 is 0.654 bits per heavy atom. The average Bonchev–Trinajstić information content (AvgIpc) is 2.69. The van der Waals surface area contributed by atoms with E-state index in [1.54, 1.807) is 0 Å². The SMILES string of the molecule is c1ccccc2c(ccc1)c1ccccccccc1c1ooooc21. The minimum absolute atomic E-state index is 0.471. The first-order chi connectivity index (χ1) is 12.9. The highest BCUT2D eigenvalue weighted by atomic mass is 17.4. The molecule has 0 spiro atoms. The summed E-state index contributed by atoms with van der Waals surface area (Å²) in [5.74, 6) is 0. The molecule has 4 nitrogen and oxygen atoms in total. The van der Waals surface area contributed by atoms with Gasteiger partial charge in [0.05, 0.1) is 0 Å². The van der Waals surface area contributed by atoms with E-state index >= 15 is 0 Å². The van der Waals surface area contributed by atoms with E-state index in [2.05, 4.69) is 9.47 Å². The first-order valence-corrected chi connectivity index (χ1v) is 8.23. The molecule has 0 aliphatic carbocycles. The molecule has 0 bridgehead atoms. The van der Waals surface area contributed by atoms with Crippen LogP contribution in [0, 0.1) is 0 Å². The van der Waals surface area contributed by atoms with Gasteiger partial charge in [-0.05, 0) is 20.2 Å². The molecule has 4 rings (SSSR count). The van der Waals surface area contributed by atoms with Crippen LogP contribution in [0.25, 0.3) is 32.7 Å². The molecule has 4 aromatic rings. The van der Waals surface area contributed by atoms with E-state index < -0.39 is 0 Å². The summed E-state index contributed by atoms with van der Waals surface area (Å²) in [7, 11) is 0. The number of fused-ring (bicyclic) bond motifs is 6. The molecular weight excluding hydrogens is 328 g/mol. The van der Waals surface area contributed by atoms with Gasteiger partial charge < -0.3 is 0 Å². The highest BCUT2D eigenvalue weighted by molar-refractivity contribution is 6.21. The molecule has 1 heterocycles. The van der Waals surface area contributed by atoms with Crippen LogP contribution in [0.1, 0.15) is 0 Å². The fourth-order valence-electron chi connectivity index (χ4n) is 2.85. The molecule has 0 unspecified atom stereocenters. The van der Waals surface area contributed by atoms with E-state index in [0.717, 1.165) is 21.5 Å². The third-order valence-electron chi connectivity index (χ3n) is 3.99. The van der Waals surface area contributed by atoms with Crippen LogP contribution >= 0.6 is 0 Å². The number of rotatable bonds is 0. The monoisotopic (exact) mass is 344 g/mol. The van der Waals surface area contributed by atoms with Crippen molar-refractivity contribution in [1.82, 2.24) is 0 Å². The lowest BCUT2D eigenvalue weighted by Crippen LogP contribution is -1.80. The van der Waals surface area contributed by atoms with Crippen LogP contribution in [-0.2, 0) is 0 Å². The van der Waals surface area contributed by atoms with Crippen molar-refractivity contribution in [2.75, 3.05) is 0 Å².